The summed E-state index contributed by atoms with van der Waals surface area (Å²) in [5, 5.41) is 2.71. The molecule has 1 aliphatic rings. The van der Waals surface area contributed by atoms with Gasteiger partial charge in [-0.2, -0.15) is 0 Å². The Bertz CT molecular complexity index is 628. The van der Waals surface area contributed by atoms with Gasteiger partial charge >= 0.3 is 0 Å². The van der Waals surface area contributed by atoms with Gasteiger partial charge in [-0.15, -0.1) is 0 Å². The van der Waals surface area contributed by atoms with Crippen LogP contribution in [0.25, 0.3) is 0 Å². The summed E-state index contributed by atoms with van der Waals surface area (Å²) in [7, 11) is 0. The first kappa shape index (κ1) is 12.3. The summed E-state index contributed by atoms with van der Waals surface area (Å²) in [5.41, 5.74) is 6.05. The normalized spacial score (nSPS) is 16.5. The second kappa shape index (κ2) is 5.08. The molecule has 0 saturated carbocycles. The average Bonchev–Trinajstić information content (AvgIpc) is 2.49. The van der Waals surface area contributed by atoms with Crippen LogP contribution in [-0.4, -0.2) is 23.6 Å². The third-order valence-electron chi connectivity index (χ3n) is 2.85. The molecular formula is C14H13N3O3. The van der Waals surface area contributed by atoms with Gasteiger partial charge in [0.25, 0.3) is 5.91 Å². The zero-order valence-electron chi connectivity index (χ0n) is 10.6. The standard InChI is InChI=1S/C14H13N3O3/c15-13-6-5-9(7-16-13)17-14(18)12-8-19-10-3-1-2-4-11(10)20-12/h1-7,12H,8H2,(H2,15,16)(H,17,18). The Morgan fingerprint density at radius 2 is 2.05 bits per heavy atom. The number of nitrogens with two attached hydrogens (primary N) is 1. The highest BCUT2D eigenvalue weighted by Gasteiger charge is 2.27. The van der Waals surface area contributed by atoms with Gasteiger partial charge in [0.15, 0.2) is 11.5 Å². The van der Waals surface area contributed by atoms with Crippen LogP contribution in [0.3, 0.4) is 0 Å². The van der Waals surface area contributed by atoms with E-state index in [1.165, 1.54) is 6.20 Å². The summed E-state index contributed by atoms with van der Waals surface area (Å²) in [6, 6.07) is 10.5. The van der Waals surface area contributed by atoms with Crippen molar-refractivity contribution in [2.45, 2.75) is 6.10 Å². The Balaban J connectivity index is 1.68. The van der Waals surface area contributed by atoms with Gasteiger partial charge in [0.1, 0.15) is 12.4 Å². The molecule has 0 radical (unpaired) electrons. The molecule has 1 aromatic carbocycles. The number of anilines is 2. The van der Waals surface area contributed by atoms with E-state index in [2.05, 4.69) is 10.3 Å². The molecule has 0 aliphatic carbocycles. The van der Waals surface area contributed by atoms with Crippen LogP contribution in [0.4, 0.5) is 11.5 Å². The lowest BCUT2D eigenvalue weighted by atomic mass is 10.2. The monoisotopic (exact) mass is 271 g/mol. The number of nitrogens with one attached hydrogen (secondary N) is 1. The minimum Gasteiger partial charge on any atom is -0.485 e. The molecule has 0 saturated heterocycles. The fraction of sp³-hybridized carbons (Fsp3) is 0.143. The molecule has 20 heavy (non-hydrogen) atoms. The van der Waals surface area contributed by atoms with E-state index in [9.17, 15) is 4.79 Å². The van der Waals surface area contributed by atoms with Gasteiger partial charge in [0.2, 0.25) is 6.10 Å². The van der Waals surface area contributed by atoms with Crippen LogP contribution in [0.15, 0.2) is 42.6 Å². The Morgan fingerprint density at radius 3 is 2.80 bits per heavy atom. The number of hydrogen-bond acceptors (Lipinski definition) is 5. The predicted octanol–water partition coefficient (Wildman–Crippen LogP) is 1.44. The summed E-state index contributed by atoms with van der Waals surface area (Å²) in [5.74, 6) is 1.32. The van der Waals surface area contributed by atoms with Gasteiger partial charge < -0.3 is 20.5 Å². The quantitative estimate of drug-likeness (QED) is 0.863. The van der Waals surface area contributed by atoms with Crippen LogP contribution in [0.1, 0.15) is 0 Å². The number of pyridine rings is 1. The maximum atomic E-state index is 12.1. The van der Waals surface area contributed by atoms with E-state index in [-0.39, 0.29) is 12.5 Å². The van der Waals surface area contributed by atoms with Gasteiger partial charge in [0.05, 0.1) is 11.9 Å². The van der Waals surface area contributed by atoms with E-state index in [1.807, 2.05) is 12.1 Å². The molecule has 0 spiro atoms. The Morgan fingerprint density at radius 1 is 1.25 bits per heavy atom. The second-order valence-electron chi connectivity index (χ2n) is 4.33. The number of ether oxygens (including phenoxy) is 2. The Kier molecular flexibility index (Phi) is 3.12. The zero-order chi connectivity index (χ0) is 13.9. The highest BCUT2D eigenvalue weighted by Crippen LogP contribution is 2.31. The molecule has 102 valence electrons. The molecule has 2 aromatic rings. The van der Waals surface area contributed by atoms with Gasteiger partial charge in [-0.05, 0) is 24.3 Å². The van der Waals surface area contributed by atoms with Crippen LogP contribution in [0, 0.1) is 0 Å². The van der Waals surface area contributed by atoms with E-state index in [1.54, 1.807) is 24.3 Å². The molecule has 2 heterocycles. The predicted molar refractivity (Wildman–Crippen MR) is 73.6 cm³/mol. The van der Waals surface area contributed by atoms with Crippen molar-refractivity contribution < 1.29 is 14.3 Å². The number of carbonyl (C=O) groups is 1. The number of rotatable bonds is 2. The molecule has 1 unspecified atom stereocenters. The van der Waals surface area contributed by atoms with Crippen LogP contribution < -0.4 is 20.5 Å². The highest BCUT2D eigenvalue weighted by molar-refractivity contribution is 5.94. The number of amides is 1. The van der Waals surface area contributed by atoms with Crippen molar-refractivity contribution in [3.63, 3.8) is 0 Å². The van der Waals surface area contributed by atoms with E-state index < -0.39 is 6.10 Å². The van der Waals surface area contributed by atoms with Crippen LogP contribution in [-0.2, 0) is 4.79 Å². The molecule has 6 nitrogen and oxygen atoms in total. The summed E-state index contributed by atoms with van der Waals surface area (Å²) in [4.78, 5) is 16.0. The molecule has 6 heteroatoms. The fourth-order valence-corrected chi connectivity index (χ4v) is 1.85. The van der Waals surface area contributed by atoms with Gasteiger partial charge in [-0.25, -0.2) is 4.98 Å². The molecule has 0 fully saturated rings. The highest BCUT2D eigenvalue weighted by atomic mass is 16.6. The molecule has 1 aromatic heterocycles. The van der Waals surface area contributed by atoms with Crippen molar-refractivity contribution >= 4 is 17.4 Å². The van der Waals surface area contributed by atoms with Crippen molar-refractivity contribution in [2.75, 3.05) is 17.7 Å². The van der Waals surface area contributed by atoms with E-state index in [0.717, 1.165) is 0 Å². The second-order valence-corrected chi connectivity index (χ2v) is 4.33. The number of nitrogens with zero attached hydrogens (tertiary/aromatic N) is 1. The number of nitrogen functional groups attached to an aromatic ring is 1. The Hall–Kier alpha value is -2.76. The molecule has 1 aliphatic heterocycles. The van der Waals surface area contributed by atoms with Crippen molar-refractivity contribution in [1.29, 1.82) is 0 Å². The van der Waals surface area contributed by atoms with Crippen molar-refractivity contribution in [3.8, 4) is 11.5 Å². The molecule has 1 atom stereocenters. The number of aromatic nitrogens is 1. The number of fused-ring (bicyclic) bond motifs is 1. The molecule has 1 amide bonds. The zero-order valence-corrected chi connectivity index (χ0v) is 10.6. The largest absolute Gasteiger partial charge is 0.485 e. The maximum Gasteiger partial charge on any atom is 0.269 e. The van der Waals surface area contributed by atoms with Crippen molar-refractivity contribution in [3.05, 3.63) is 42.6 Å². The summed E-state index contributed by atoms with van der Waals surface area (Å²) < 4.78 is 11.1. The fourth-order valence-electron chi connectivity index (χ4n) is 1.85. The first-order chi connectivity index (χ1) is 9.72. The van der Waals surface area contributed by atoms with Crippen molar-refractivity contribution in [2.24, 2.45) is 0 Å². The van der Waals surface area contributed by atoms with E-state index >= 15 is 0 Å². The van der Waals surface area contributed by atoms with Gasteiger partial charge in [-0.1, -0.05) is 12.1 Å². The summed E-state index contributed by atoms with van der Waals surface area (Å²) in [6.07, 6.45) is 0.799. The lowest BCUT2D eigenvalue weighted by molar-refractivity contribution is -0.125. The van der Waals surface area contributed by atoms with Gasteiger partial charge in [-0.3, -0.25) is 4.79 Å². The van der Waals surface area contributed by atoms with Crippen molar-refractivity contribution in [1.82, 2.24) is 4.98 Å². The lowest BCUT2D eigenvalue weighted by Gasteiger charge is -2.25. The smallest absolute Gasteiger partial charge is 0.269 e. The van der Waals surface area contributed by atoms with E-state index in [4.69, 9.17) is 15.2 Å². The molecular weight excluding hydrogens is 258 g/mol. The lowest BCUT2D eigenvalue weighted by Crippen LogP contribution is -2.40. The van der Waals surface area contributed by atoms with Crippen LogP contribution in [0.5, 0.6) is 11.5 Å². The number of carbonyl (C=O) groups excluding carboxylic acids is 1. The number of benzene rings is 1. The van der Waals surface area contributed by atoms with Crippen LogP contribution in [0.2, 0.25) is 0 Å². The molecule has 3 N–H and O–H groups in total. The van der Waals surface area contributed by atoms with E-state index in [0.29, 0.717) is 23.0 Å². The summed E-state index contributed by atoms with van der Waals surface area (Å²) >= 11 is 0. The topological polar surface area (TPSA) is 86.5 Å². The first-order valence-electron chi connectivity index (χ1n) is 6.13. The number of para-hydroxylation sites is 2. The number of hydrogen-bond donors (Lipinski definition) is 2. The first-order valence-corrected chi connectivity index (χ1v) is 6.13. The Labute approximate surface area is 115 Å². The SMILES string of the molecule is Nc1ccc(NC(=O)C2COc3ccccc3O2)cn1. The maximum absolute atomic E-state index is 12.1. The minimum absolute atomic E-state index is 0.172. The minimum atomic E-state index is -0.692. The molecule has 3 rings (SSSR count). The van der Waals surface area contributed by atoms with Gasteiger partial charge in [0, 0.05) is 0 Å². The summed E-state index contributed by atoms with van der Waals surface area (Å²) in [6.45, 7) is 0.172. The van der Waals surface area contributed by atoms with Crippen LogP contribution >= 0.6 is 0 Å². The third kappa shape index (κ3) is 2.49. The average molecular weight is 271 g/mol. The third-order valence-corrected chi connectivity index (χ3v) is 2.85. The molecule has 0 bridgehead atoms.